The van der Waals surface area contributed by atoms with E-state index in [0.717, 1.165) is 22.0 Å². The number of carbonyl (C=O) groups is 1. The minimum absolute atomic E-state index is 0.00630. The number of aromatic nitrogens is 2. The van der Waals surface area contributed by atoms with Gasteiger partial charge in [0.05, 0.1) is 0 Å². The van der Waals surface area contributed by atoms with Gasteiger partial charge in [-0.1, -0.05) is 45.0 Å². The van der Waals surface area contributed by atoms with E-state index in [1.807, 2.05) is 45.0 Å². The molecule has 1 amide bonds. The first-order valence-corrected chi connectivity index (χ1v) is 8.04. The average molecular weight is 351 g/mol. The molecule has 1 aliphatic rings. The lowest BCUT2D eigenvalue weighted by molar-refractivity contribution is -0.138. The van der Waals surface area contributed by atoms with Crippen LogP contribution in [0.1, 0.15) is 53.9 Å². The lowest BCUT2D eigenvalue weighted by Crippen LogP contribution is -2.46. The molecule has 7 heteroatoms. The Morgan fingerprint density at radius 1 is 1.28 bits per heavy atom. The van der Waals surface area contributed by atoms with Crippen molar-refractivity contribution in [1.82, 2.24) is 15.1 Å². The van der Waals surface area contributed by atoms with Crippen molar-refractivity contribution in [3.05, 3.63) is 52.8 Å². The quantitative estimate of drug-likeness (QED) is 0.898. The number of benzene rings is 1. The molecule has 2 atom stereocenters. The number of alkyl halides is 3. The zero-order valence-electron chi connectivity index (χ0n) is 14.5. The maximum absolute atomic E-state index is 13.1. The summed E-state index contributed by atoms with van der Waals surface area (Å²) in [6, 6.07) is 7.53. The molecule has 2 unspecified atom stereocenters. The Hall–Kier alpha value is -2.31. The van der Waals surface area contributed by atoms with Crippen LogP contribution in [0.2, 0.25) is 0 Å². The minimum Gasteiger partial charge on any atom is -0.346 e. The van der Waals surface area contributed by atoms with Crippen LogP contribution < -0.4 is 5.32 Å². The van der Waals surface area contributed by atoms with Gasteiger partial charge in [-0.25, -0.2) is 0 Å². The molecule has 1 heterocycles. The Morgan fingerprint density at radius 2 is 1.92 bits per heavy atom. The number of hydrogen-bond acceptors (Lipinski definition) is 2. The van der Waals surface area contributed by atoms with Gasteiger partial charge in [-0.05, 0) is 11.1 Å². The van der Waals surface area contributed by atoms with Gasteiger partial charge >= 0.3 is 6.18 Å². The van der Waals surface area contributed by atoms with E-state index in [1.54, 1.807) is 0 Å². The van der Waals surface area contributed by atoms with E-state index in [0.29, 0.717) is 0 Å². The molecular formula is C18H20F3N3O. The van der Waals surface area contributed by atoms with Gasteiger partial charge in [0, 0.05) is 30.6 Å². The highest BCUT2D eigenvalue weighted by molar-refractivity contribution is 5.94. The molecule has 25 heavy (non-hydrogen) atoms. The van der Waals surface area contributed by atoms with Crippen LogP contribution in [0, 0.1) is 0 Å². The second-order valence-corrected chi connectivity index (χ2v) is 7.11. The zero-order chi connectivity index (χ0) is 18.6. The van der Waals surface area contributed by atoms with Gasteiger partial charge in [0.15, 0.2) is 5.69 Å². The van der Waals surface area contributed by atoms with Crippen molar-refractivity contribution >= 4 is 5.91 Å². The molecule has 0 bridgehead atoms. The molecule has 4 nitrogen and oxygen atoms in total. The van der Waals surface area contributed by atoms with Crippen molar-refractivity contribution in [2.75, 3.05) is 0 Å². The zero-order valence-corrected chi connectivity index (χ0v) is 14.5. The summed E-state index contributed by atoms with van der Waals surface area (Å²) >= 11 is 0. The maximum atomic E-state index is 13.1. The molecule has 1 N–H and O–H groups in total. The molecule has 2 aromatic rings. The smallest absolute Gasteiger partial charge is 0.346 e. The van der Waals surface area contributed by atoms with Crippen LogP contribution in [0.4, 0.5) is 13.2 Å². The number of nitrogens with zero attached hydrogens (tertiary/aromatic N) is 2. The van der Waals surface area contributed by atoms with Crippen molar-refractivity contribution in [3.63, 3.8) is 0 Å². The fraction of sp³-hybridized carbons (Fsp3) is 0.444. The summed E-state index contributed by atoms with van der Waals surface area (Å²) in [5.41, 5.74) is 0.209. The third-order valence-electron chi connectivity index (χ3n) is 5.06. The van der Waals surface area contributed by atoms with Crippen molar-refractivity contribution < 1.29 is 18.0 Å². The van der Waals surface area contributed by atoms with E-state index < -0.39 is 28.8 Å². The predicted molar refractivity (Wildman–Crippen MR) is 87.3 cm³/mol. The maximum Gasteiger partial charge on any atom is 0.420 e. The van der Waals surface area contributed by atoms with Gasteiger partial charge in [0.1, 0.15) is 5.56 Å². The topological polar surface area (TPSA) is 46.9 Å². The van der Waals surface area contributed by atoms with Crippen LogP contribution in [0.3, 0.4) is 0 Å². The van der Waals surface area contributed by atoms with Gasteiger partial charge in [0.25, 0.3) is 5.91 Å². The molecule has 1 aromatic heterocycles. The minimum atomic E-state index is -4.62. The summed E-state index contributed by atoms with van der Waals surface area (Å²) < 4.78 is 40.4. The summed E-state index contributed by atoms with van der Waals surface area (Å²) in [5.74, 6) is -0.807. The first-order chi connectivity index (χ1) is 11.5. The second kappa shape index (κ2) is 5.61. The Labute approximate surface area is 144 Å². The number of amides is 1. The van der Waals surface area contributed by atoms with Crippen molar-refractivity contribution in [1.29, 1.82) is 0 Å². The van der Waals surface area contributed by atoms with E-state index in [4.69, 9.17) is 0 Å². The van der Waals surface area contributed by atoms with E-state index in [1.165, 1.54) is 7.05 Å². The molecule has 0 spiro atoms. The number of nitrogens with one attached hydrogen (secondary N) is 1. The largest absolute Gasteiger partial charge is 0.420 e. The summed E-state index contributed by atoms with van der Waals surface area (Å²) in [4.78, 5) is 12.6. The van der Waals surface area contributed by atoms with Gasteiger partial charge < -0.3 is 5.32 Å². The first kappa shape index (κ1) is 17.5. The molecule has 0 radical (unpaired) electrons. The summed E-state index contributed by atoms with van der Waals surface area (Å²) in [7, 11) is 1.37. The Bertz CT molecular complexity index is 823. The number of rotatable bonds is 2. The van der Waals surface area contributed by atoms with E-state index >= 15 is 0 Å². The Balaban J connectivity index is 1.93. The average Bonchev–Trinajstić information content (AvgIpc) is 3.00. The van der Waals surface area contributed by atoms with E-state index in [2.05, 4.69) is 10.4 Å². The number of aryl methyl sites for hydroxylation is 1. The predicted octanol–water partition coefficient (Wildman–Crippen LogP) is 3.63. The second-order valence-electron chi connectivity index (χ2n) is 7.11. The molecule has 0 aliphatic heterocycles. The molecule has 134 valence electrons. The van der Waals surface area contributed by atoms with Crippen molar-refractivity contribution in [2.24, 2.45) is 7.05 Å². The highest BCUT2D eigenvalue weighted by atomic mass is 19.4. The first-order valence-electron chi connectivity index (χ1n) is 8.04. The van der Waals surface area contributed by atoms with Crippen LogP contribution in [-0.4, -0.2) is 21.7 Å². The van der Waals surface area contributed by atoms with Crippen LogP contribution in [0.25, 0.3) is 0 Å². The molecule has 0 saturated heterocycles. The van der Waals surface area contributed by atoms with Crippen molar-refractivity contribution in [2.45, 2.75) is 44.3 Å². The third kappa shape index (κ3) is 2.81. The standard InChI is InChI=1S/C18H20F3N3O/c1-10-11-7-5-6-8-12(11)17(2,3)15(10)22-16(25)14-13(18(19,20)21)9-24(4)23-14/h5-10,15H,1-4H3,(H,22,25). The molecular weight excluding hydrogens is 331 g/mol. The lowest BCUT2D eigenvalue weighted by atomic mass is 9.81. The lowest BCUT2D eigenvalue weighted by Gasteiger charge is -2.31. The van der Waals surface area contributed by atoms with Gasteiger partial charge in [-0.15, -0.1) is 0 Å². The van der Waals surface area contributed by atoms with Crippen molar-refractivity contribution in [3.8, 4) is 0 Å². The number of carbonyl (C=O) groups excluding carboxylic acids is 1. The summed E-state index contributed by atoms with van der Waals surface area (Å²) in [5, 5.41) is 6.52. The number of hydrogen-bond donors (Lipinski definition) is 1. The highest BCUT2D eigenvalue weighted by Gasteiger charge is 2.46. The van der Waals surface area contributed by atoms with Crippen LogP contribution in [0.5, 0.6) is 0 Å². The van der Waals surface area contributed by atoms with Crippen LogP contribution in [-0.2, 0) is 18.6 Å². The molecule has 1 aliphatic carbocycles. The summed E-state index contributed by atoms with van der Waals surface area (Å²) in [6.07, 6.45) is -3.80. The molecule has 0 fully saturated rings. The fourth-order valence-electron chi connectivity index (χ4n) is 3.83. The normalized spacial score (nSPS) is 21.9. The number of halogens is 3. The van der Waals surface area contributed by atoms with E-state index in [9.17, 15) is 18.0 Å². The highest BCUT2D eigenvalue weighted by Crippen LogP contribution is 2.45. The fourth-order valence-corrected chi connectivity index (χ4v) is 3.83. The van der Waals surface area contributed by atoms with Crippen LogP contribution in [0.15, 0.2) is 30.5 Å². The van der Waals surface area contributed by atoms with Gasteiger partial charge in [-0.2, -0.15) is 18.3 Å². The van der Waals surface area contributed by atoms with Crippen LogP contribution >= 0.6 is 0 Å². The summed E-state index contributed by atoms with van der Waals surface area (Å²) in [6.45, 7) is 5.95. The van der Waals surface area contributed by atoms with Gasteiger partial charge in [-0.3, -0.25) is 9.48 Å². The third-order valence-corrected chi connectivity index (χ3v) is 5.06. The Kier molecular flexibility index (Phi) is 3.93. The molecule has 0 saturated carbocycles. The monoisotopic (exact) mass is 351 g/mol. The molecule has 3 rings (SSSR count). The SMILES string of the molecule is CC1c2ccccc2C(C)(C)C1NC(=O)c1nn(C)cc1C(F)(F)F. The Morgan fingerprint density at radius 3 is 2.52 bits per heavy atom. The van der Waals surface area contributed by atoms with E-state index in [-0.39, 0.29) is 12.0 Å². The number of fused-ring (bicyclic) bond motifs is 1. The molecule has 1 aromatic carbocycles. The van der Waals surface area contributed by atoms with Gasteiger partial charge in [0.2, 0.25) is 0 Å².